The Morgan fingerprint density at radius 3 is 2.40 bits per heavy atom. The summed E-state index contributed by atoms with van der Waals surface area (Å²) in [5.74, 6) is -0.146. The van der Waals surface area contributed by atoms with Crippen LogP contribution in [0.25, 0.3) is 0 Å². The van der Waals surface area contributed by atoms with Gasteiger partial charge in [-0.3, -0.25) is 14.9 Å². The zero-order valence-corrected chi connectivity index (χ0v) is 12.5. The van der Waals surface area contributed by atoms with Crippen LogP contribution in [0.3, 0.4) is 0 Å². The largest absolute Gasteiger partial charge is 0.480 e. The van der Waals surface area contributed by atoms with Crippen molar-refractivity contribution in [2.45, 2.75) is 70.5 Å². The highest BCUT2D eigenvalue weighted by atomic mass is 16.4. The van der Waals surface area contributed by atoms with Crippen LogP contribution in [0.1, 0.15) is 52.4 Å². The van der Waals surface area contributed by atoms with Crippen molar-refractivity contribution in [3.05, 3.63) is 0 Å². The second-order valence-corrected chi connectivity index (χ2v) is 6.17. The highest BCUT2D eigenvalue weighted by molar-refractivity contribution is 5.81. The van der Waals surface area contributed by atoms with E-state index < -0.39 is 12.0 Å². The number of amides is 1. The topological polar surface area (TPSA) is 69.6 Å². The average Bonchev–Trinajstić information content (AvgIpc) is 3.27. The molecule has 2 saturated carbocycles. The molecule has 2 atom stereocenters. The first-order valence-corrected chi connectivity index (χ1v) is 7.82. The molecule has 2 aliphatic rings. The summed E-state index contributed by atoms with van der Waals surface area (Å²) in [6, 6.07) is 0.0989. The van der Waals surface area contributed by atoms with Crippen molar-refractivity contribution in [3.8, 4) is 0 Å². The number of rotatable bonds is 9. The van der Waals surface area contributed by atoms with E-state index in [0.717, 1.165) is 19.3 Å². The van der Waals surface area contributed by atoms with Gasteiger partial charge in [0.1, 0.15) is 6.04 Å². The molecule has 0 radical (unpaired) electrons. The Bertz CT molecular complexity index is 364. The fraction of sp³-hybridized carbons (Fsp3) is 0.867. The molecule has 20 heavy (non-hydrogen) atoms. The van der Waals surface area contributed by atoms with Gasteiger partial charge in [-0.05, 0) is 44.9 Å². The SMILES string of the molecule is CCCC(NCC(=O)N(C1CC1)C(C)C1CC1)C(=O)O. The van der Waals surface area contributed by atoms with Crippen LogP contribution >= 0.6 is 0 Å². The van der Waals surface area contributed by atoms with Crippen molar-refractivity contribution < 1.29 is 14.7 Å². The van der Waals surface area contributed by atoms with Gasteiger partial charge in [0, 0.05) is 12.1 Å². The molecule has 0 saturated heterocycles. The minimum absolute atomic E-state index is 0.0641. The third-order valence-corrected chi connectivity index (χ3v) is 4.35. The van der Waals surface area contributed by atoms with E-state index in [2.05, 4.69) is 12.2 Å². The van der Waals surface area contributed by atoms with Gasteiger partial charge in [-0.25, -0.2) is 0 Å². The van der Waals surface area contributed by atoms with E-state index in [1.54, 1.807) is 0 Å². The fourth-order valence-electron chi connectivity index (χ4n) is 2.83. The molecule has 0 spiro atoms. The van der Waals surface area contributed by atoms with E-state index in [1.165, 1.54) is 12.8 Å². The third-order valence-electron chi connectivity index (χ3n) is 4.35. The maximum Gasteiger partial charge on any atom is 0.320 e. The van der Waals surface area contributed by atoms with Crippen LogP contribution in [0.15, 0.2) is 0 Å². The summed E-state index contributed by atoms with van der Waals surface area (Å²) in [5.41, 5.74) is 0. The molecule has 0 bridgehead atoms. The molecule has 2 N–H and O–H groups in total. The Labute approximate surface area is 120 Å². The lowest BCUT2D eigenvalue weighted by Gasteiger charge is -2.30. The molecule has 114 valence electrons. The molecule has 0 aromatic heterocycles. The number of nitrogens with one attached hydrogen (secondary N) is 1. The number of carbonyl (C=O) groups is 2. The van der Waals surface area contributed by atoms with Gasteiger partial charge >= 0.3 is 5.97 Å². The summed E-state index contributed by atoms with van der Waals surface area (Å²) >= 11 is 0. The highest BCUT2D eigenvalue weighted by Gasteiger charge is 2.41. The van der Waals surface area contributed by atoms with Crippen LogP contribution in [-0.2, 0) is 9.59 Å². The molecule has 0 aliphatic heterocycles. The molecule has 0 aromatic rings. The van der Waals surface area contributed by atoms with Crippen molar-refractivity contribution in [2.24, 2.45) is 5.92 Å². The minimum atomic E-state index is -0.868. The molecular weight excluding hydrogens is 256 g/mol. The van der Waals surface area contributed by atoms with Crippen LogP contribution in [0, 0.1) is 5.92 Å². The van der Waals surface area contributed by atoms with Crippen LogP contribution in [0.4, 0.5) is 0 Å². The molecule has 0 aromatic carbocycles. The lowest BCUT2D eigenvalue weighted by atomic mass is 10.1. The lowest BCUT2D eigenvalue weighted by molar-refractivity contribution is -0.140. The summed E-state index contributed by atoms with van der Waals surface area (Å²) in [5, 5.41) is 12.0. The van der Waals surface area contributed by atoms with Crippen LogP contribution in [-0.4, -0.2) is 46.6 Å². The number of carboxylic acids is 1. The number of nitrogens with zero attached hydrogens (tertiary/aromatic N) is 1. The monoisotopic (exact) mass is 282 g/mol. The number of hydrogen-bond donors (Lipinski definition) is 2. The van der Waals surface area contributed by atoms with Gasteiger partial charge in [-0.2, -0.15) is 0 Å². The van der Waals surface area contributed by atoms with Crippen molar-refractivity contribution in [1.82, 2.24) is 10.2 Å². The van der Waals surface area contributed by atoms with Gasteiger partial charge in [0.05, 0.1) is 6.54 Å². The van der Waals surface area contributed by atoms with Gasteiger partial charge in [0.2, 0.25) is 5.91 Å². The third kappa shape index (κ3) is 3.95. The Balaban J connectivity index is 1.86. The Hall–Kier alpha value is -1.10. The standard InChI is InChI=1S/C15H26N2O3/c1-3-4-13(15(19)20)16-9-14(18)17(12-7-8-12)10(2)11-5-6-11/h10-13,16H,3-9H2,1-2H3,(H,19,20). The Kier molecular flexibility index (Phi) is 5.02. The second kappa shape index (κ2) is 6.57. The van der Waals surface area contributed by atoms with E-state index in [4.69, 9.17) is 5.11 Å². The van der Waals surface area contributed by atoms with Crippen molar-refractivity contribution in [1.29, 1.82) is 0 Å². The van der Waals surface area contributed by atoms with Gasteiger partial charge in [0.25, 0.3) is 0 Å². The number of hydrogen-bond acceptors (Lipinski definition) is 3. The van der Waals surface area contributed by atoms with Crippen LogP contribution in [0.5, 0.6) is 0 Å². The molecule has 5 heteroatoms. The first-order chi connectivity index (χ1) is 9.54. The highest BCUT2D eigenvalue weighted by Crippen LogP contribution is 2.39. The summed E-state index contributed by atoms with van der Waals surface area (Å²) in [7, 11) is 0. The lowest BCUT2D eigenvalue weighted by Crippen LogP contribution is -2.48. The van der Waals surface area contributed by atoms with Gasteiger partial charge < -0.3 is 10.0 Å². The molecule has 5 nitrogen and oxygen atoms in total. The van der Waals surface area contributed by atoms with Gasteiger partial charge in [-0.1, -0.05) is 13.3 Å². The molecule has 2 fully saturated rings. The maximum absolute atomic E-state index is 12.4. The van der Waals surface area contributed by atoms with Gasteiger partial charge in [-0.15, -0.1) is 0 Å². The van der Waals surface area contributed by atoms with Crippen molar-refractivity contribution in [3.63, 3.8) is 0 Å². The zero-order chi connectivity index (χ0) is 14.7. The molecular formula is C15H26N2O3. The predicted octanol–water partition coefficient (Wildman–Crippen LogP) is 1.62. The Morgan fingerprint density at radius 2 is 1.95 bits per heavy atom. The van der Waals surface area contributed by atoms with E-state index in [9.17, 15) is 9.59 Å². The molecule has 0 heterocycles. The predicted molar refractivity (Wildman–Crippen MR) is 76.4 cm³/mol. The first-order valence-electron chi connectivity index (χ1n) is 7.82. The molecule has 2 aliphatic carbocycles. The second-order valence-electron chi connectivity index (χ2n) is 6.17. The zero-order valence-electron chi connectivity index (χ0n) is 12.5. The number of carboxylic acid groups (broad SMARTS) is 1. The fourth-order valence-corrected chi connectivity index (χ4v) is 2.83. The summed E-state index contributed by atoms with van der Waals surface area (Å²) < 4.78 is 0. The molecule has 2 rings (SSSR count). The molecule has 2 unspecified atom stereocenters. The van der Waals surface area contributed by atoms with Gasteiger partial charge in [0.15, 0.2) is 0 Å². The summed E-state index contributed by atoms with van der Waals surface area (Å²) in [4.78, 5) is 25.5. The number of aliphatic carboxylic acids is 1. The minimum Gasteiger partial charge on any atom is -0.480 e. The van der Waals surface area contributed by atoms with E-state index in [0.29, 0.717) is 24.4 Å². The van der Waals surface area contributed by atoms with Crippen LogP contribution in [0.2, 0.25) is 0 Å². The quantitative estimate of drug-likeness (QED) is 0.674. The van der Waals surface area contributed by atoms with E-state index >= 15 is 0 Å². The van der Waals surface area contributed by atoms with Crippen LogP contribution < -0.4 is 5.32 Å². The van der Waals surface area contributed by atoms with Crippen molar-refractivity contribution >= 4 is 11.9 Å². The number of carbonyl (C=O) groups excluding carboxylic acids is 1. The van der Waals surface area contributed by atoms with E-state index in [1.807, 2.05) is 11.8 Å². The molecule has 1 amide bonds. The summed E-state index contributed by atoms with van der Waals surface area (Å²) in [6.07, 6.45) is 5.99. The van der Waals surface area contributed by atoms with Crippen molar-refractivity contribution in [2.75, 3.05) is 6.54 Å². The maximum atomic E-state index is 12.4. The Morgan fingerprint density at radius 1 is 1.30 bits per heavy atom. The van der Waals surface area contributed by atoms with E-state index in [-0.39, 0.29) is 12.5 Å². The first kappa shape index (κ1) is 15.3. The average molecular weight is 282 g/mol. The normalized spacial score (nSPS) is 21.3. The smallest absolute Gasteiger partial charge is 0.320 e. The summed E-state index contributed by atoms with van der Waals surface area (Å²) in [6.45, 7) is 4.23.